The van der Waals surface area contributed by atoms with Crippen LogP contribution in [-0.4, -0.2) is 72.3 Å². The van der Waals surface area contributed by atoms with Crippen LogP contribution in [0.5, 0.6) is 11.5 Å². The maximum Gasteiger partial charge on any atom is 0.514 e. The number of carbonyl (C=O) groups excluding carboxylic acids is 4. The van der Waals surface area contributed by atoms with Gasteiger partial charge in [0.15, 0.2) is 5.75 Å². The van der Waals surface area contributed by atoms with Crippen molar-refractivity contribution in [2.45, 2.75) is 32.8 Å². The third-order valence-electron chi connectivity index (χ3n) is 4.69. The second kappa shape index (κ2) is 13.9. The first kappa shape index (κ1) is 29.4. The maximum atomic E-state index is 12.5. The molecule has 0 aliphatic carbocycles. The fourth-order valence-electron chi connectivity index (χ4n) is 2.85. The molecule has 36 heavy (non-hydrogen) atoms. The highest BCUT2D eigenvalue weighted by atomic mass is 16.7. The van der Waals surface area contributed by atoms with Crippen LogP contribution < -0.4 is 4.74 Å². The highest BCUT2D eigenvalue weighted by Crippen LogP contribution is 2.38. The van der Waals surface area contributed by atoms with Gasteiger partial charge in [-0.15, -0.1) is 0 Å². The largest absolute Gasteiger partial charge is 0.514 e. The molecule has 0 aromatic heterocycles. The summed E-state index contributed by atoms with van der Waals surface area (Å²) >= 11 is 0. The van der Waals surface area contributed by atoms with Gasteiger partial charge in [0.1, 0.15) is 17.7 Å². The number of methoxy groups -OCH3 is 2. The SMILES string of the molecule is CCN(CC)C(=O)C(C#N)=Cc1cc(OC(=O)OC(CC(=O)OC)CC(=O)OC)c(O)c([N+](=O)[O-])c1. The number of rotatable bonds is 11. The summed E-state index contributed by atoms with van der Waals surface area (Å²) in [5, 5.41) is 31.0. The van der Waals surface area contributed by atoms with E-state index in [4.69, 9.17) is 9.47 Å². The molecular formula is C22H25N3O11. The topological polar surface area (TPSA) is 196 Å². The smallest absolute Gasteiger partial charge is 0.499 e. The summed E-state index contributed by atoms with van der Waals surface area (Å²) in [5.74, 6) is -4.04. The Morgan fingerprint density at radius 2 is 1.69 bits per heavy atom. The van der Waals surface area contributed by atoms with E-state index in [9.17, 15) is 39.7 Å². The zero-order chi connectivity index (χ0) is 27.4. The highest BCUT2D eigenvalue weighted by Gasteiger charge is 2.27. The first-order valence-corrected chi connectivity index (χ1v) is 10.5. The molecule has 14 heteroatoms. The molecule has 0 unspecified atom stereocenters. The Morgan fingerprint density at radius 1 is 1.14 bits per heavy atom. The van der Waals surface area contributed by atoms with Gasteiger partial charge in [0.2, 0.25) is 5.75 Å². The van der Waals surface area contributed by atoms with E-state index in [-0.39, 0.29) is 11.1 Å². The number of ether oxygens (including phenoxy) is 4. The van der Waals surface area contributed by atoms with Gasteiger partial charge in [-0.3, -0.25) is 24.5 Å². The molecule has 0 spiro atoms. The van der Waals surface area contributed by atoms with Crippen molar-refractivity contribution in [3.63, 3.8) is 0 Å². The van der Waals surface area contributed by atoms with E-state index in [1.807, 2.05) is 0 Å². The second-order valence-electron chi connectivity index (χ2n) is 6.94. The number of likely N-dealkylation sites (N-methyl/N-ethyl adjacent to an activating group) is 1. The average Bonchev–Trinajstić information content (AvgIpc) is 2.84. The van der Waals surface area contributed by atoms with E-state index in [2.05, 4.69) is 9.47 Å². The molecule has 0 bridgehead atoms. The molecule has 0 aliphatic heterocycles. The first-order valence-electron chi connectivity index (χ1n) is 10.5. The lowest BCUT2D eigenvalue weighted by Crippen LogP contribution is -2.31. The summed E-state index contributed by atoms with van der Waals surface area (Å²) in [4.78, 5) is 59.7. The number of nitriles is 1. The van der Waals surface area contributed by atoms with Gasteiger partial charge in [0, 0.05) is 19.2 Å². The van der Waals surface area contributed by atoms with E-state index in [0.717, 1.165) is 32.4 Å². The summed E-state index contributed by atoms with van der Waals surface area (Å²) in [5.41, 5.74) is -1.36. The number of esters is 2. The van der Waals surface area contributed by atoms with Gasteiger partial charge in [-0.1, -0.05) is 0 Å². The standard InChI is InChI=1S/C22H25N3O11/c1-5-24(6-2)21(29)14(12-23)7-13-8-16(25(31)32)20(28)17(9-13)36-22(30)35-15(10-18(26)33-3)11-19(27)34-4/h7-9,15,28H,5-6,10-11H2,1-4H3. The molecule has 14 nitrogen and oxygen atoms in total. The minimum Gasteiger partial charge on any atom is -0.499 e. The molecule has 194 valence electrons. The highest BCUT2D eigenvalue weighted by molar-refractivity contribution is 6.01. The van der Waals surface area contributed by atoms with Crippen molar-refractivity contribution in [1.29, 1.82) is 5.26 Å². The number of benzene rings is 1. The Balaban J connectivity index is 3.34. The van der Waals surface area contributed by atoms with E-state index >= 15 is 0 Å². The molecule has 0 fully saturated rings. The van der Waals surface area contributed by atoms with E-state index in [1.54, 1.807) is 19.9 Å². The summed E-state index contributed by atoms with van der Waals surface area (Å²) in [7, 11) is 2.15. The predicted octanol–water partition coefficient (Wildman–Crippen LogP) is 2.09. The van der Waals surface area contributed by atoms with E-state index in [1.165, 1.54) is 4.90 Å². The van der Waals surface area contributed by atoms with Crippen molar-refractivity contribution >= 4 is 35.8 Å². The van der Waals surface area contributed by atoms with Crippen LogP contribution >= 0.6 is 0 Å². The maximum absolute atomic E-state index is 12.5. The Kier molecular flexibility index (Phi) is 11.3. The summed E-state index contributed by atoms with van der Waals surface area (Å²) in [6.45, 7) is 4.02. The summed E-state index contributed by atoms with van der Waals surface area (Å²) in [6.07, 6.45) is -2.92. The third kappa shape index (κ3) is 8.28. The van der Waals surface area contributed by atoms with Crippen LogP contribution in [0.15, 0.2) is 17.7 Å². The Morgan fingerprint density at radius 3 is 2.14 bits per heavy atom. The Bertz CT molecular complexity index is 1070. The number of carbonyl (C=O) groups is 4. The van der Waals surface area contributed by atoms with Crippen LogP contribution in [0, 0.1) is 21.4 Å². The van der Waals surface area contributed by atoms with E-state index < -0.39 is 65.1 Å². The molecule has 1 amide bonds. The lowest BCUT2D eigenvalue weighted by Gasteiger charge is -2.18. The quantitative estimate of drug-likeness (QED) is 0.0872. The van der Waals surface area contributed by atoms with Gasteiger partial charge < -0.3 is 29.0 Å². The molecular weight excluding hydrogens is 482 g/mol. The molecule has 1 rings (SSSR count). The number of nitro groups is 1. The normalized spacial score (nSPS) is 10.7. The van der Waals surface area contributed by atoms with Crippen molar-refractivity contribution in [3.05, 3.63) is 33.4 Å². The van der Waals surface area contributed by atoms with Gasteiger partial charge in [-0.05, 0) is 31.6 Å². The molecule has 1 aromatic carbocycles. The van der Waals surface area contributed by atoms with Gasteiger partial charge in [-0.25, -0.2) is 4.79 Å². The molecule has 1 aromatic rings. The van der Waals surface area contributed by atoms with Crippen LogP contribution in [0.1, 0.15) is 32.3 Å². The number of hydrogen-bond donors (Lipinski definition) is 1. The number of hydrogen-bond acceptors (Lipinski definition) is 12. The Labute approximate surface area is 205 Å². The van der Waals surface area contributed by atoms with Gasteiger partial charge >= 0.3 is 23.8 Å². The van der Waals surface area contributed by atoms with Gasteiger partial charge in [0.05, 0.1) is 32.0 Å². The molecule has 0 atom stereocenters. The molecule has 0 radical (unpaired) electrons. The van der Waals surface area contributed by atoms with Gasteiger partial charge in [-0.2, -0.15) is 5.26 Å². The van der Waals surface area contributed by atoms with Crippen LogP contribution in [0.4, 0.5) is 10.5 Å². The van der Waals surface area contributed by atoms with Crippen LogP contribution in [0.3, 0.4) is 0 Å². The fraction of sp³-hybridized carbons (Fsp3) is 0.409. The fourth-order valence-corrected chi connectivity index (χ4v) is 2.85. The molecule has 0 heterocycles. The van der Waals surface area contributed by atoms with Crippen LogP contribution in [0.2, 0.25) is 0 Å². The minimum absolute atomic E-state index is 0.111. The first-order chi connectivity index (χ1) is 17.0. The second-order valence-corrected chi connectivity index (χ2v) is 6.94. The molecule has 0 aliphatic rings. The number of aromatic hydroxyl groups is 1. The van der Waals surface area contributed by atoms with E-state index in [0.29, 0.717) is 13.1 Å². The number of phenols is 1. The average molecular weight is 507 g/mol. The minimum atomic E-state index is -1.52. The summed E-state index contributed by atoms with van der Waals surface area (Å²) < 4.78 is 18.7. The molecule has 0 saturated heterocycles. The van der Waals surface area contributed by atoms with Gasteiger partial charge in [0.25, 0.3) is 5.91 Å². The molecule has 1 N–H and O–H groups in total. The third-order valence-corrected chi connectivity index (χ3v) is 4.69. The van der Waals surface area contributed by atoms with Crippen molar-refractivity contribution in [1.82, 2.24) is 4.90 Å². The number of phenolic OH excluding ortho intramolecular Hbond substituents is 1. The summed E-state index contributed by atoms with van der Waals surface area (Å²) in [6, 6.07) is 3.55. The number of amides is 1. The van der Waals surface area contributed by atoms with Crippen molar-refractivity contribution in [3.8, 4) is 17.6 Å². The lowest BCUT2D eigenvalue weighted by atomic mass is 10.1. The lowest BCUT2D eigenvalue weighted by molar-refractivity contribution is -0.385. The number of nitrogens with zero attached hydrogens (tertiary/aromatic N) is 3. The number of nitro benzene ring substituents is 1. The zero-order valence-electron chi connectivity index (χ0n) is 20.0. The van der Waals surface area contributed by atoms with Crippen molar-refractivity contribution in [2.75, 3.05) is 27.3 Å². The predicted molar refractivity (Wildman–Crippen MR) is 120 cm³/mol. The van der Waals surface area contributed by atoms with Crippen molar-refractivity contribution < 1.29 is 48.2 Å². The zero-order valence-corrected chi connectivity index (χ0v) is 20.0. The Hall–Kier alpha value is -4.67. The van der Waals surface area contributed by atoms with Crippen LogP contribution in [-0.2, 0) is 28.6 Å². The molecule has 0 saturated carbocycles. The van der Waals surface area contributed by atoms with Crippen LogP contribution in [0.25, 0.3) is 6.08 Å². The monoisotopic (exact) mass is 507 g/mol. The van der Waals surface area contributed by atoms with Crippen molar-refractivity contribution in [2.24, 2.45) is 0 Å².